The van der Waals surface area contributed by atoms with Gasteiger partial charge in [-0.25, -0.2) is 0 Å². The van der Waals surface area contributed by atoms with E-state index in [0.717, 1.165) is 83.3 Å². The summed E-state index contributed by atoms with van der Waals surface area (Å²) in [7, 11) is 1.68. The fraction of sp³-hybridized carbons (Fsp3) is 0.652. The van der Waals surface area contributed by atoms with Crippen LogP contribution in [0.1, 0.15) is 31.7 Å². The summed E-state index contributed by atoms with van der Waals surface area (Å²) in [6.45, 7) is 9.08. The summed E-state index contributed by atoms with van der Waals surface area (Å²) in [5.74, 6) is 2.45. The van der Waals surface area contributed by atoms with Gasteiger partial charge in [0.2, 0.25) is 5.91 Å². The number of carbonyl (C=O) groups excluding carboxylic acids is 1. The molecule has 166 valence electrons. The number of amides is 1. The first-order chi connectivity index (χ1) is 14.7. The topological polar surface area (TPSA) is 69.2 Å². The van der Waals surface area contributed by atoms with Gasteiger partial charge in [0.05, 0.1) is 13.7 Å². The zero-order valence-corrected chi connectivity index (χ0v) is 18.5. The molecular weight excluding hydrogens is 378 g/mol. The average molecular weight is 416 g/mol. The number of nitrogens with zero attached hydrogens (tertiary/aromatic N) is 3. The second-order valence-electron chi connectivity index (χ2n) is 8.08. The van der Waals surface area contributed by atoms with Crippen molar-refractivity contribution in [2.75, 3.05) is 59.5 Å². The maximum atomic E-state index is 12.4. The van der Waals surface area contributed by atoms with Crippen molar-refractivity contribution in [3.05, 3.63) is 29.8 Å². The van der Waals surface area contributed by atoms with E-state index in [9.17, 15) is 4.79 Å². The van der Waals surface area contributed by atoms with Crippen LogP contribution in [0, 0.1) is 5.92 Å². The Morgan fingerprint density at radius 3 is 2.47 bits per heavy atom. The normalized spacial score (nSPS) is 18.1. The smallest absolute Gasteiger partial charge is 0.225 e. The molecule has 0 unspecified atom stereocenters. The van der Waals surface area contributed by atoms with Crippen molar-refractivity contribution < 1.29 is 9.53 Å². The minimum absolute atomic E-state index is 0.313. The summed E-state index contributed by atoms with van der Waals surface area (Å²) in [6, 6.07) is 8.18. The number of guanidine groups is 1. The molecule has 2 fully saturated rings. The lowest BCUT2D eigenvalue weighted by atomic mass is 9.84. The summed E-state index contributed by atoms with van der Waals surface area (Å²) in [6.07, 6.45) is 4.33. The SMILES string of the molecule is CCNC(=NCCN1CCN(C(=O)C2CCC2)CC1)NCCc1ccc(OC)cc1. The van der Waals surface area contributed by atoms with Crippen LogP contribution in [-0.4, -0.2) is 81.1 Å². The number of piperazine rings is 1. The fourth-order valence-electron chi connectivity index (χ4n) is 3.87. The van der Waals surface area contributed by atoms with Crippen molar-refractivity contribution in [2.24, 2.45) is 10.9 Å². The summed E-state index contributed by atoms with van der Waals surface area (Å²) >= 11 is 0. The molecule has 1 aliphatic heterocycles. The van der Waals surface area contributed by atoms with Crippen LogP contribution < -0.4 is 15.4 Å². The molecule has 0 radical (unpaired) electrons. The van der Waals surface area contributed by atoms with E-state index in [-0.39, 0.29) is 0 Å². The molecule has 1 aromatic rings. The number of hydrogen-bond donors (Lipinski definition) is 2. The first-order valence-electron chi connectivity index (χ1n) is 11.4. The Morgan fingerprint density at radius 1 is 1.13 bits per heavy atom. The molecule has 1 aliphatic carbocycles. The molecule has 7 nitrogen and oxygen atoms in total. The molecule has 0 bridgehead atoms. The maximum absolute atomic E-state index is 12.4. The van der Waals surface area contributed by atoms with Crippen molar-refractivity contribution in [3.63, 3.8) is 0 Å². The number of rotatable bonds is 9. The Balaban J connectivity index is 1.35. The minimum Gasteiger partial charge on any atom is -0.497 e. The molecule has 0 atom stereocenters. The van der Waals surface area contributed by atoms with E-state index in [1.165, 1.54) is 12.0 Å². The summed E-state index contributed by atoms with van der Waals surface area (Å²) in [5.41, 5.74) is 1.27. The number of aliphatic imine (C=N–C) groups is 1. The average Bonchev–Trinajstić information content (AvgIpc) is 2.73. The number of ether oxygens (including phenoxy) is 1. The van der Waals surface area contributed by atoms with Crippen LogP contribution in [0.5, 0.6) is 5.75 Å². The first-order valence-corrected chi connectivity index (χ1v) is 11.4. The quantitative estimate of drug-likeness (QED) is 0.475. The first kappa shape index (κ1) is 22.4. The van der Waals surface area contributed by atoms with Gasteiger partial charge >= 0.3 is 0 Å². The second kappa shape index (κ2) is 11.8. The number of methoxy groups -OCH3 is 1. The molecule has 1 amide bonds. The third-order valence-electron chi connectivity index (χ3n) is 6.03. The monoisotopic (exact) mass is 415 g/mol. The number of hydrogen-bond acceptors (Lipinski definition) is 4. The molecule has 0 aromatic heterocycles. The lowest BCUT2D eigenvalue weighted by Gasteiger charge is -2.38. The van der Waals surface area contributed by atoms with Crippen molar-refractivity contribution in [3.8, 4) is 5.75 Å². The summed E-state index contributed by atoms with van der Waals surface area (Å²) in [4.78, 5) is 21.6. The Labute approximate surface area is 180 Å². The zero-order valence-electron chi connectivity index (χ0n) is 18.5. The van der Waals surface area contributed by atoms with Crippen LogP contribution in [0.3, 0.4) is 0 Å². The van der Waals surface area contributed by atoms with Crippen LogP contribution in [-0.2, 0) is 11.2 Å². The van der Waals surface area contributed by atoms with Gasteiger partial charge in [-0.15, -0.1) is 0 Å². The molecule has 0 spiro atoms. The highest BCUT2D eigenvalue weighted by Gasteiger charge is 2.30. The van der Waals surface area contributed by atoms with Gasteiger partial charge in [-0.2, -0.15) is 0 Å². The summed E-state index contributed by atoms with van der Waals surface area (Å²) in [5, 5.41) is 6.74. The van der Waals surface area contributed by atoms with Crippen LogP contribution in [0.2, 0.25) is 0 Å². The third-order valence-corrected chi connectivity index (χ3v) is 6.03. The predicted molar refractivity (Wildman–Crippen MR) is 121 cm³/mol. The second-order valence-corrected chi connectivity index (χ2v) is 8.08. The van der Waals surface area contributed by atoms with E-state index in [1.54, 1.807) is 7.11 Å². The van der Waals surface area contributed by atoms with E-state index >= 15 is 0 Å². The molecule has 2 N–H and O–H groups in total. The molecule has 2 aliphatic rings. The van der Waals surface area contributed by atoms with Crippen molar-refractivity contribution in [1.82, 2.24) is 20.4 Å². The van der Waals surface area contributed by atoms with E-state index in [2.05, 4.69) is 39.5 Å². The third kappa shape index (κ3) is 6.62. The van der Waals surface area contributed by atoms with Gasteiger partial charge in [0.1, 0.15) is 5.75 Å². The van der Waals surface area contributed by atoms with Gasteiger partial charge in [-0.3, -0.25) is 14.7 Å². The van der Waals surface area contributed by atoms with Crippen LogP contribution in [0.15, 0.2) is 29.3 Å². The highest BCUT2D eigenvalue weighted by Crippen LogP contribution is 2.28. The van der Waals surface area contributed by atoms with Gasteiger partial charge in [0.25, 0.3) is 0 Å². The van der Waals surface area contributed by atoms with E-state index in [1.807, 2.05) is 12.1 Å². The Bertz CT molecular complexity index is 679. The van der Waals surface area contributed by atoms with Gasteiger partial charge in [-0.05, 0) is 43.9 Å². The van der Waals surface area contributed by atoms with Crippen molar-refractivity contribution in [1.29, 1.82) is 0 Å². The van der Waals surface area contributed by atoms with E-state index in [0.29, 0.717) is 11.8 Å². The molecular formula is C23H37N5O2. The summed E-state index contributed by atoms with van der Waals surface area (Å²) < 4.78 is 5.21. The maximum Gasteiger partial charge on any atom is 0.225 e. The highest BCUT2D eigenvalue weighted by molar-refractivity contribution is 5.80. The Kier molecular flexibility index (Phi) is 8.81. The van der Waals surface area contributed by atoms with Crippen LogP contribution in [0.4, 0.5) is 0 Å². The fourth-order valence-corrected chi connectivity index (χ4v) is 3.87. The van der Waals surface area contributed by atoms with Crippen molar-refractivity contribution in [2.45, 2.75) is 32.6 Å². The van der Waals surface area contributed by atoms with Gasteiger partial charge < -0.3 is 20.3 Å². The van der Waals surface area contributed by atoms with Gasteiger partial charge in [-0.1, -0.05) is 18.6 Å². The van der Waals surface area contributed by atoms with Crippen LogP contribution >= 0.6 is 0 Å². The Hall–Kier alpha value is -2.28. The number of carbonyl (C=O) groups is 1. The zero-order chi connectivity index (χ0) is 21.2. The largest absolute Gasteiger partial charge is 0.497 e. The van der Waals surface area contributed by atoms with Crippen LogP contribution in [0.25, 0.3) is 0 Å². The van der Waals surface area contributed by atoms with E-state index < -0.39 is 0 Å². The molecule has 1 heterocycles. The van der Waals surface area contributed by atoms with E-state index in [4.69, 9.17) is 9.73 Å². The Morgan fingerprint density at radius 2 is 1.87 bits per heavy atom. The molecule has 1 aromatic carbocycles. The highest BCUT2D eigenvalue weighted by atomic mass is 16.5. The lowest BCUT2D eigenvalue weighted by molar-refractivity contribution is -0.139. The minimum atomic E-state index is 0.313. The standard InChI is InChI=1S/C23H37N5O2/c1-3-24-23(25-12-11-19-7-9-21(30-2)10-8-19)26-13-14-27-15-17-28(18-16-27)22(29)20-5-4-6-20/h7-10,20H,3-6,11-18H2,1-2H3,(H2,24,25,26). The lowest BCUT2D eigenvalue weighted by Crippen LogP contribution is -2.51. The molecule has 7 heteroatoms. The molecule has 30 heavy (non-hydrogen) atoms. The molecule has 1 saturated carbocycles. The number of nitrogens with one attached hydrogen (secondary N) is 2. The van der Waals surface area contributed by atoms with Gasteiger partial charge in [0, 0.05) is 51.7 Å². The van der Waals surface area contributed by atoms with Crippen molar-refractivity contribution >= 4 is 11.9 Å². The molecule has 1 saturated heterocycles. The van der Waals surface area contributed by atoms with Gasteiger partial charge in [0.15, 0.2) is 5.96 Å². The predicted octanol–water partition coefficient (Wildman–Crippen LogP) is 1.74. The number of benzene rings is 1. The molecule has 3 rings (SSSR count).